The first-order valence-corrected chi connectivity index (χ1v) is 2.15. The zero-order valence-electron chi connectivity index (χ0n) is 2.70. The van der Waals surface area contributed by atoms with Crippen molar-refractivity contribution in [3.8, 4) is 0 Å². The van der Waals surface area contributed by atoms with E-state index >= 15 is 0 Å². The Bertz CT molecular complexity index is 26.9. The first-order chi connectivity index (χ1) is 2.73. The van der Waals surface area contributed by atoms with E-state index < -0.39 is 9.17 Å². The van der Waals surface area contributed by atoms with E-state index in [1.54, 1.807) is 0 Å². The number of rotatable bonds is 0. The van der Waals surface area contributed by atoms with Crippen LogP contribution in [0.3, 0.4) is 0 Å². The van der Waals surface area contributed by atoms with Crippen molar-refractivity contribution in [2.45, 2.75) is 0 Å². The fourth-order valence-corrected chi connectivity index (χ4v) is 0. The van der Waals surface area contributed by atoms with E-state index in [9.17, 15) is 0 Å². The highest BCUT2D eigenvalue weighted by Gasteiger charge is 1.85. The van der Waals surface area contributed by atoms with Gasteiger partial charge in [-0.1, -0.05) is 0 Å². The molecule has 0 atom stereocenters. The summed E-state index contributed by atoms with van der Waals surface area (Å²) in [6.07, 6.45) is 0. The molecule has 38 valence electrons. The van der Waals surface area contributed by atoms with Gasteiger partial charge in [-0.3, -0.25) is 15.0 Å². The summed E-state index contributed by atoms with van der Waals surface area (Å²) in [7, 11) is -3.13. The lowest BCUT2D eigenvalue weighted by Gasteiger charge is -1.55. The Morgan fingerprint density at radius 1 is 1.17 bits per heavy atom. The van der Waals surface area contributed by atoms with E-state index in [-0.39, 0.29) is 0 Å². The van der Waals surface area contributed by atoms with Crippen molar-refractivity contribution in [2.75, 3.05) is 0 Å². The van der Waals surface area contributed by atoms with Crippen LogP contribution in [0, 0.1) is 0 Å². The maximum absolute atomic E-state index is 8.74. The molecule has 0 heterocycles. The molecule has 6 heavy (non-hydrogen) atoms. The third-order valence-electron chi connectivity index (χ3n) is 0. The maximum Gasteiger partial charge on any atom is 0.761 e. The summed E-state index contributed by atoms with van der Waals surface area (Å²) in [4.78, 5) is 14.3. The molecule has 5 nitrogen and oxygen atoms in total. The Labute approximate surface area is 34.9 Å². The van der Waals surface area contributed by atoms with Gasteiger partial charge in [-0.15, -0.1) is 0 Å². The molecule has 0 radical (unpaired) electrons. The minimum Gasteiger partial charge on any atom is -0.511 e. The van der Waals surface area contributed by atoms with Gasteiger partial charge in [0.25, 0.3) is 0 Å². The monoisotopic (exact) mass is 112 g/mol. The molecule has 0 saturated heterocycles. The second-order valence-electron chi connectivity index (χ2n) is 0.283. The zero-order valence-corrected chi connectivity index (χ0v) is 3.70. The molecular weight excluding hydrogens is 108 g/mol. The van der Waals surface area contributed by atoms with Gasteiger partial charge in [0.05, 0.1) is 0 Å². The highest BCUT2D eigenvalue weighted by molar-refractivity contribution is 6.22. The van der Waals surface area contributed by atoms with Gasteiger partial charge in [0.1, 0.15) is 0 Å². The molecule has 0 bridgehead atoms. The quantitative estimate of drug-likeness (QED) is 0.172. The minimum absolute atomic E-state index is 3.13. The molecular formula is H4O5Si. The predicted octanol–water partition coefficient (Wildman–Crippen LogP) is -1.60. The average molecular weight is 112 g/mol. The van der Waals surface area contributed by atoms with Gasteiger partial charge >= 0.3 is 9.17 Å². The van der Waals surface area contributed by atoms with E-state index in [1.807, 2.05) is 0 Å². The summed E-state index contributed by atoms with van der Waals surface area (Å²) >= 11 is 0. The largest absolute Gasteiger partial charge is 0.761 e. The van der Waals surface area contributed by atoms with Crippen LogP contribution in [0.2, 0.25) is 0 Å². The summed E-state index contributed by atoms with van der Waals surface area (Å²) in [6, 6.07) is 0. The van der Waals surface area contributed by atoms with Crippen molar-refractivity contribution in [1.29, 1.82) is 0 Å². The zero-order chi connectivity index (χ0) is 5.58. The molecule has 0 aromatic rings. The van der Waals surface area contributed by atoms with Crippen LogP contribution in [0.1, 0.15) is 0 Å². The Hall–Kier alpha value is -0.463. The van der Waals surface area contributed by atoms with Crippen molar-refractivity contribution < 1.29 is 24.6 Å². The van der Waals surface area contributed by atoms with Crippen molar-refractivity contribution in [3.63, 3.8) is 0 Å². The van der Waals surface area contributed by atoms with Crippen LogP contribution in [-0.4, -0.2) is 29.3 Å². The van der Waals surface area contributed by atoms with Crippen LogP contribution in [0.25, 0.3) is 0 Å². The molecule has 0 saturated carbocycles. The highest BCUT2D eigenvalue weighted by atomic mass is 28.3. The minimum atomic E-state index is -3.13. The van der Waals surface area contributed by atoms with Gasteiger partial charge in [0.2, 0.25) is 0 Å². The van der Waals surface area contributed by atoms with Crippen LogP contribution < -0.4 is 0 Å². The second-order valence-corrected chi connectivity index (χ2v) is 0.848. The topological polar surface area (TPSA) is 98.0 Å². The van der Waals surface area contributed by atoms with E-state index in [0.29, 0.717) is 0 Å². The summed E-state index contributed by atoms with van der Waals surface area (Å²) in [5.41, 5.74) is 0. The molecule has 4 N–H and O–H groups in total. The smallest absolute Gasteiger partial charge is 0.511 e. The molecule has 0 amide bonds. The lowest BCUT2D eigenvalue weighted by Crippen LogP contribution is -1.90. The summed E-state index contributed by atoms with van der Waals surface area (Å²) < 4.78 is 8.74. The third kappa shape index (κ3) is 106. The van der Waals surface area contributed by atoms with E-state index in [2.05, 4.69) is 0 Å². The Kier molecular flexibility index (Phi) is 13.4. The van der Waals surface area contributed by atoms with Gasteiger partial charge in [0.15, 0.2) is 0 Å². The van der Waals surface area contributed by atoms with Crippen molar-refractivity contribution >= 4 is 9.17 Å². The van der Waals surface area contributed by atoms with Crippen LogP contribution in [0.5, 0.6) is 0 Å². The Morgan fingerprint density at radius 2 is 1.17 bits per heavy atom. The highest BCUT2D eigenvalue weighted by Crippen LogP contribution is 1.27. The van der Waals surface area contributed by atoms with E-state index in [1.165, 1.54) is 0 Å². The molecule has 0 aliphatic carbocycles. The van der Waals surface area contributed by atoms with Crippen molar-refractivity contribution in [2.24, 2.45) is 0 Å². The Morgan fingerprint density at radius 3 is 1.17 bits per heavy atom. The summed E-state index contributed by atoms with van der Waals surface area (Å²) in [6.45, 7) is 0. The molecule has 0 fully saturated rings. The molecule has 0 aromatic carbocycles. The number of hydrogen-bond donors (Lipinski definition) is 4. The lowest BCUT2D eigenvalue weighted by molar-refractivity contribution is -0.176. The fraction of sp³-hybridized carbons (Fsp3) is 0. The van der Waals surface area contributed by atoms with E-state index in [0.717, 1.165) is 0 Å². The van der Waals surface area contributed by atoms with Crippen LogP contribution in [0.4, 0.5) is 0 Å². The van der Waals surface area contributed by atoms with Gasteiger partial charge in [0, 0.05) is 0 Å². The van der Waals surface area contributed by atoms with Gasteiger partial charge in [-0.25, -0.2) is 0 Å². The van der Waals surface area contributed by atoms with Gasteiger partial charge < -0.3 is 9.59 Å². The average Bonchev–Trinajstić information content (AvgIpc) is 1.41. The van der Waals surface area contributed by atoms with Crippen molar-refractivity contribution in [3.05, 3.63) is 0 Å². The van der Waals surface area contributed by atoms with Crippen LogP contribution >= 0.6 is 0 Å². The first kappa shape index (κ1) is 9.11. The molecule has 6 heteroatoms. The SMILES string of the molecule is O=[Si](O)O.OO. The molecule has 0 aromatic heterocycles. The standard InChI is InChI=1S/H2O3Si.H2O2/c1-4(2)3;1-2/h1-2H;1-2H. The van der Waals surface area contributed by atoms with Gasteiger partial charge in [-0.2, -0.15) is 0 Å². The third-order valence-corrected chi connectivity index (χ3v) is 0. The van der Waals surface area contributed by atoms with Crippen LogP contribution in [-0.2, 0) is 4.46 Å². The lowest BCUT2D eigenvalue weighted by atomic mass is 15.0. The summed E-state index contributed by atoms with van der Waals surface area (Å²) in [5.74, 6) is 0. The van der Waals surface area contributed by atoms with E-state index in [4.69, 9.17) is 24.6 Å². The molecule has 0 aliphatic heterocycles. The molecule has 0 unspecified atom stereocenters. The molecule has 0 rings (SSSR count). The number of hydrogen-bond acceptors (Lipinski definition) is 3. The van der Waals surface area contributed by atoms with Gasteiger partial charge in [-0.05, 0) is 0 Å². The first-order valence-electron chi connectivity index (χ1n) is 0.851. The molecule has 0 aliphatic rings. The second kappa shape index (κ2) is 8.82. The normalized spacial score (nSPS) is 5.00. The predicted molar refractivity (Wildman–Crippen MR) is 16.1 cm³/mol. The van der Waals surface area contributed by atoms with Crippen LogP contribution in [0.15, 0.2) is 0 Å². The summed E-state index contributed by atoms with van der Waals surface area (Å²) in [5, 5.41) is 12.0. The Balaban J connectivity index is 0. The molecule has 0 spiro atoms. The van der Waals surface area contributed by atoms with Crippen molar-refractivity contribution in [1.82, 2.24) is 0 Å². The fourth-order valence-electron chi connectivity index (χ4n) is 0. The maximum atomic E-state index is 8.74.